The topological polar surface area (TPSA) is 97.3 Å². The van der Waals surface area contributed by atoms with Crippen molar-refractivity contribution in [2.45, 2.75) is 19.8 Å². The zero-order valence-corrected chi connectivity index (χ0v) is 16.3. The number of unbranched alkanes of at least 4 members (excludes halogenated alkanes) is 1. The maximum absolute atomic E-state index is 5.75. The lowest BCUT2D eigenvalue weighted by Gasteiger charge is -2.10. The number of nitrogens with one attached hydrogen (secondary N) is 2. The molecule has 8 nitrogen and oxygen atoms in total. The average molecular weight is 390 g/mol. The van der Waals surface area contributed by atoms with E-state index in [0.29, 0.717) is 24.0 Å². The summed E-state index contributed by atoms with van der Waals surface area (Å²) in [5, 5.41) is 13.5. The van der Waals surface area contributed by atoms with Crippen LogP contribution in [-0.2, 0) is 0 Å². The number of para-hydroxylation sites is 1. The van der Waals surface area contributed by atoms with E-state index in [1.165, 1.54) is 0 Å². The van der Waals surface area contributed by atoms with Crippen molar-refractivity contribution in [3.05, 3.63) is 48.0 Å². The van der Waals surface area contributed by atoms with Gasteiger partial charge in [0.05, 0.1) is 19.9 Å². The number of H-pyrrole nitrogens is 1. The zero-order chi connectivity index (χ0) is 20.1. The van der Waals surface area contributed by atoms with Crippen LogP contribution in [-0.4, -0.2) is 40.1 Å². The summed E-state index contributed by atoms with van der Waals surface area (Å²) in [6, 6.07) is 13.5. The van der Waals surface area contributed by atoms with Crippen molar-refractivity contribution in [3.63, 3.8) is 0 Å². The van der Waals surface area contributed by atoms with E-state index in [9.17, 15) is 0 Å². The predicted molar refractivity (Wildman–Crippen MR) is 114 cm³/mol. The number of fused-ring (bicyclic) bond motifs is 3. The van der Waals surface area contributed by atoms with E-state index in [1.807, 2.05) is 42.5 Å². The van der Waals surface area contributed by atoms with Gasteiger partial charge in [-0.3, -0.25) is 0 Å². The lowest BCUT2D eigenvalue weighted by molar-refractivity contribution is 0.288. The fraction of sp³-hybridized carbons (Fsp3) is 0.238. The highest BCUT2D eigenvalue weighted by Crippen LogP contribution is 2.28. The summed E-state index contributed by atoms with van der Waals surface area (Å²) in [5.74, 6) is 1.71. The van der Waals surface area contributed by atoms with E-state index in [4.69, 9.17) is 9.47 Å². The Hall–Kier alpha value is -3.68. The van der Waals surface area contributed by atoms with Gasteiger partial charge in [-0.05, 0) is 36.2 Å². The Labute approximate surface area is 168 Å². The Bertz CT molecular complexity index is 1150. The molecular weight excluding hydrogens is 368 g/mol. The van der Waals surface area contributed by atoms with Gasteiger partial charge in [-0.25, -0.2) is 5.43 Å². The number of anilines is 1. The van der Waals surface area contributed by atoms with Crippen LogP contribution in [0.15, 0.2) is 47.6 Å². The van der Waals surface area contributed by atoms with Crippen LogP contribution < -0.4 is 14.9 Å². The number of hydrogen-bond donors (Lipinski definition) is 2. The summed E-state index contributed by atoms with van der Waals surface area (Å²) in [7, 11) is 1.62. The van der Waals surface area contributed by atoms with Crippen LogP contribution in [0.5, 0.6) is 11.5 Å². The lowest BCUT2D eigenvalue weighted by Crippen LogP contribution is -2.00. The number of aromatic amines is 1. The Morgan fingerprint density at radius 3 is 2.90 bits per heavy atom. The van der Waals surface area contributed by atoms with Crippen molar-refractivity contribution in [2.24, 2.45) is 5.10 Å². The summed E-state index contributed by atoms with van der Waals surface area (Å²) in [6.45, 7) is 2.80. The van der Waals surface area contributed by atoms with E-state index in [0.717, 1.165) is 40.6 Å². The molecule has 0 aliphatic heterocycles. The van der Waals surface area contributed by atoms with Crippen LogP contribution in [0.4, 0.5) is 5.95 Å². The third kappa shape index (κ3) is 4.11. The molecule has 8 heteroatoms. The molecule has 0 fully saturated rings. The fourth-order valence-corrected chi connectivity index (χ4v) is 2.94. The minimum atomic E-state index is 0.312. The van der Waals surface area contributed by atoms with Gasteiger partial charge in [0, 0.05) is 10.9 Å². The second-order valence-electron chi connectivity index (χ2n) is 6.49. The van der Waals surface area contributed by atoms with Gasteiger partial charge in [-0.15, -0.1) is 10.2 Å². The van der Waals surface area contributed by atoms with Gasteiger partial charge in [0.15, 0.2) is 17.1 Å². The van der Waals surface area contributed by atoms with Gasteiger partial charge >= 0.3 is 0 Å². The SMILES string of the molecule is CCCCOc1ccc(/C=N/Nc2nnc3c(n2)[nH]c2ccccc23)cc1OC. The molecule has 2 aromatic heterocycles. The van der Waals surface area contributed by atoms with Crippen LogP contribution in [0, 0.1) is 0 Å². The molecule has 2 heterocycles. The molecule has 0 unspecified atom stereocenters. The first-order valence-corrected chi connectivity index (χ1v) is 9.49. The number of hydrogen-bond acceptors (Lipinski definition) is 7. The summed E-state index contributed by atoms with van der Waals surface area (Å²) >= 11 is 0. The van der Waals surface area contributed by atoms with Gasteiger partial charge in [0.1, 0.15) is 5.52 Å². The molecule has 0 saturated carbocycles. The number of rotatable bonds is 8. The highest BCUT2D eigenvalue weighted by atomic mass is 16.5. The van der Waals surface area contributed by atoms with Crippen LogP contribution in [0.1, 0.15) is 25.3 Å². The summed E-state index contributed by atoms with van der Waals surface area (Å²) in [5.41, 5.74) is 6.04. The molecule has 148 valence electrons. The average Bonchev–Trinajstić information content (AvgIpc) is 3.12. The largest absolute Gasteiger partial charge is 0.493 e. The Balaban J connectivity index is 1.47. The number of hydrazone groups is 1. The molecule has 0 atom stereocenters. The third-order valence-electron chi connectivity index (χ3n) is 4.44. The van der Waals surface area contributed by atoms with Crippen molar-refractivity contribution >= 4 is 34.2 Å². The number of benzene rings is 2. The van der Waals surface area contributed by atoms with E-state index in [-0.39, 0.29) is 0 Å². The minimum Gasteiger partial charge on any atom is -0.493 e. The highest BCUT2D eigenvalue weighted by Gasteiger charge is 2.08. The van der Waals surface area contributed by atoms with Gasteiger partial charge in [-0.1, -0.05) is 31.5 Å². The van der Waals surface area contributed by atoms with E-state index >= 15 is 0 Å². The first-order chi connectivity index (χ1) is 14.3. The maximum Gasteiger partial charge on any atom is 0.265 e. The quantitative estimate of drug-likeness (QED) is 0.267. The molecular formula is C21H22N6O2. The van der Waals surface area contributed by atoms with Crippen molar-refractivity contribution in [2.75, 3.05) is 19.1 Å². The van der Waals surface area contributed by atoms with Crippen molar-refractivity contribution in [1.82, 2.24) is 20.2 Å². The molecule has 0 bridgehead atoms. The Morgan fingerprint density at radius 1 is 1.14 bits per heavy atom. The molecule has 4 aromatic rings. The first kappa shape index (κ1) is 18.7. The standard InChI is InChI=1S/C21H22N6O2/c1-3-4-11-29-17-10-9-14(12-18(17)28-2)13-22-26-21-24-20-19(25-27-21)15-7-5-6-8-16(15)23-20/h5-10,12-13H,3-4,11H2,1-2H3,(H2,23,24,26,27)/b22-13+. The number of ether oxygens (including phenoxy) is 2. The van der Waals surface area contributed by atoms with Crippen LogP contribution in [0.2, 0.25) is 0 Å². The lowest BCUT2D eigenvalue weighted by atomic mass is 10.2. The van der Waals surface area contributed by atoms with Crippen molar-refractivity contribution < 1.29 is 9.47 Å². The molecule has 2 aromatic carbocycles. The van der Waals surface area contributed by atoms with E-state index < -0.39 is 0 Å². The van der Waals surface area contributed by atoms with Gasteiger partial charge in [0.25, 0.3) is 5.95 Å². The van der Waals surface area contributed by atoms with E-state index in [2.05, 4.69) is 37.6 Å². The first-order valence-electron chi connectivity index (χ1n) is 9.49. The molecule has 0 saturated heterocycles. The summed E-state index contributed by atoms with van der Waals surface area (Å²) in [6.07, 6.45) is 3.75. The minimum absolute atomic E-state index is 0.312. The zero-order valence-electron chi connectivity index (χ0n) is 16.3. The van der Waals surface area contributed by atoms with Crippen molar-refractivity contribution in [1.29, 1.82) is 0 Å². The normalized spacial score (nSPS) is 11.4. The molecule has 0 amide bonds. The van der Waals surface area contributed by atoms with Crippen LogP contribution >= 0.6 is 0 Å². The highest BCUT2D eigenvalue weighted by molar-refractivity contribution is 6.03. The van der Waals surface area contributed by atoms with Crippen LogP contribution in [0.3, 0.4) is 0 Å². The Morgan fingerprint density at radius 2 is 2.03 bits per heavy atom. The molecule has 0 aliphatic rings. The number of nitrogens with zero attached hydrogens (tertiary/aromatic N) is 4. The summed E-state index contributed by atoms with van der Waals surface area (Å²) in [4.78, 5) is 7.67. The van der Waals surface area contributed by atoms with E-state index in [1.54, 1.807) is 13.3 Å². The summed E-state index contributed by atoms with van der Waals surface area (Å²) < 4.78 is 11.2. The fourth-order valence-electron chi connectivity index (χ4n) is 2.94. The maximum atomic E-state index is 5.75. The molecule has 0 aliphatic carbocycles. The monoisotopic (exact) mass is 390 g/mol. The predicted octanol–water partition coefficient (Wildman–Crippen LogP) is 4.14. The third-order valence-corrected chi connectivity index (χ3v) is 4.44. The molecule has 2 N–H and O–H groups in total. The second kappa shape index (κ2) is 8.55. The molecule has 0 radical (unpaired) electrons. The Kier molecular flexibility index (Phi) is 5.51. The van der Waals surface area contributed by atoms with Crippen molar-refractivity contribution in [3.8, 4) is 11.5 Å². The van der Waals surface area contributed by atoms with Crippen LogP contribution in [0.25, 0.3) is 22.1 Å². The van der Waals surface area contributed by atoms with Gasteiger partial charge in [0.2, 0.25) is 0 Å². The van der Waals surface area contributed by atoms with Gasteiger partial charge < -0.3 is 14.5 Å². The molecule has 4 rings (SSSR count). The number of methoxy groups -OCH3 is 1. The number of aromatic nitrogens is 4. The molecule has 29 heavy (non-hydrogen) atoms. The molecule has 0 spiro atoms. The smallest absolute Gasteiger partial charge is 0.265 e. The second-order valence-corrected chi connectivity index (χ2v) is 6.49. The van der Waals surface area contributed by atoms with Gasteiger partial charge in [-0.2, -0.15) is 10.1 Å².